The largest absolute Gasteiger partial charge is 0.340 e. The van der Waals surface area contributed by atoms with E-state index in [0.717, 1.165) is 19.2 Å². The Morgan fingerprint density at radius 3 is 2.14 bits per heavy atom. The molecule has 2 aromatic carbocycles. The fourth-order valence-corrected chi connectivity index (χ4v) is 3.75. The highest BCUT2D eigenvalue weighted by Gasteiger charge is 2.27. The zero-order valence-electron chi connectivity index (χ0n) is 18.6. The van der Waals surface area contributed by atoms with E-state index in [2.05, 4.69) is 25.5 Å². The van der Waals surface area contributed by atoms with Crippen molar-refractivity contribution in [1.82, 2.24) is 19.8 Å². The van der Waals surface area contributed by atoms with E-state index >= 15 is 0 Å². The van der Waals surface area contributed by atoms with Crippen LogP contribution in [0.5, 0.6) is 0 Å². The van der Waals surface area contributed by atoms with Crippen molar-refractivity contribution < 1.29 is 23.2 Å². The van der Waals surface area contributed by atoms with E-state index in [9.17, 15) is 23.2 Å². The second-order valence-electron chi connectivity index (χ2n) is 7.95. The molecule has 3 amide bonds. The van der Waals surface area contributed by atoms with Gasteiger partial charge in [-0.1, -0.05) is 11.6 Å². The van der Waals surface area contributed by atoms with E-state index in [1.807, 2.05) is 7.05 Å². The first-order chi connectivity index (χ1) is 16.7. The smallest absolute Gasteiger partial charge is 0.274 e. The molecule has 182 valence electrons. The third kappa shape index (κ3) is 5.47. The average molecular weight is 503 g/mol. The molecule has 0 atom stereocenters. The molecule has 3 N–H and O–H groups in total. The van der Waals surface area contributed by atoms with Gasteiger partial charge < -0.3 is 25.4 Å². The molecule has 0 bridgehead atoms. The third-order valence-corrected chi connectivity index (χ3v) is 5.83. The molecular formula is C23H21ClF2N6O3. The summed E-state index contributed by atoms with van der Waals surface area (Å²) in [5.41, 5.74) is 0.589. The maximum absolute atomic E-state index is 13.5. The van der Waals surface area contributed by atoms with Gasteiger partial charge in [-0.05, 0) is 43.4 Å². The van der Waals surface area contributed by atoms with Crippen LogP contribution in [0, 0.1) is 11.6 Å². The lowest BCUT2D eigenvalue weighted by Gasteiger charge is -2.32. The molecule has 0 radical (unpaired) electrons. The zero-order chi connectivity index (χ0) is 25.1. The number of aromatic amines is 1. The SMILES string of the molecule is CN1CCN(C(=O)c2nc[nH]c2C(=O)Nc2ccc(NC(=O)c3cc(F)c(F)cc3Cl)cc2)CC1. The monoisotopic (exact) mass is 502 g/mol. The van der Waals surface area contributed by atoms with Crippen LogP contribution in [0.25, 0.3) is 0 Å². The van der Waals surface area contributed by atoms with E-state index in [-0.39, 0.29) is 27.9 Å². The van der Waals surface area contributed by atoms with Crippen molar-refractivity contribution in [3.8, 4) is 0 Å². The summed E-state index contributed by atoms with van der Waals surface area (Å²) in [6, 6.07) is 7.50. The number of likely N-dealkylation sites (N-methyl/N-ethyl adjacent to an activating group) is 1. The topological polar surface area (TPSA) is 110 Å². The molecule has 2 heterocycles. The van der Waals surface area contributed by atoms with Crippen LogP contribution in [0.3, 0.4) is 0 Å². The molecule has 0 saturated carbocycles. The lowest BCUT2D eigenvalue weighted by molar-refractivity contribution is 0.0655. The van der Waals surface area contributed by atoms with Gasteiger partial charge in [-0.15, -0.1) is 0 Å². The van der Waals surface area contributed by atoms with Crippen LogP contribution in [0.15, 0.2) is 42.7 Å². The maximum atomic E-state index is 13.5. The molecule has 0 unspecified atom stereocenters. The molecule has 0 aliphatic carbocycles. The zero-order valence-corrected chi connectivity index (χ0v) is 19.3. The van der Waals surface area contributed by atoms with Gasteiger partial charge in [0.25, 0.3) is 17.7 Å². The van der Waals surface area contributed by atoms with Crippen molar-refractivity contribution in [2.45, 2.75) is 0 Å². The number of hydrogen-bond donors (Lipinski definition) is 3. The van der Waals surface area contributed by atoms with Crippen LogP contribution in [-0.2, 0) is 0 Å². The maximum Gasteiger partial charge on any atom is 0.274 e. The Labute approximate surface area is 204 Å². The number of imidazole rings is 1. The van der Waals surface area contributed by atoms with Crippen LogP contribution in [0.1, 0.15) is 31.3 Å². The van der Waals surface area contributed by atoms with Gasteiger partial charge in [0.1, 0.15) is 5.69 Å². The van der Waals surface area contributed by atoms with Crippen LogP contribution in [-0.4, -0.2) is 70.7 Å². The first-order valence-electron chi connectivity index (χ1n) is 10.6. The van der Waals surface area contributed by atoms with Crippen LogP contribution < -0.4 is 10.6 Å². The summed E-state index contributed by atoms with van der Waals surface area (Å²) in [5.74, 6) is -3.95. The fourth-order valence-electron chi connectivity index (χ4n) is 3.51. The Balaban J connectivity index is 1.40. The number of nitrogens with one attached hydrogen (secondary N) is 3. The highest BCUT2D eigenvalue weighted by atomic mass is 35.5. The molecule has 4 rings (SSSR count). The number of amides is 3. The lowest BCUT2D eigenvalue weighted by atomic mass is 10.2. The van der Waals surface area contributed by atoms with Gasteiger partial charge in [0.05, 0.1) is 16.9 Å². The van der Waals surface area contributed by atoms with Crippen molar-refractivity contribution in [2.24, 2.45) is 0 Å². The van der Waals surface area contributed by atoms with E-state index in [4.69, 9.17) is 11.6 Å². The summed E-state index contributed by atoms with van der Waals surface area (Å²) in [6.45, 7) is 2.57. The quantitative estimate of drug-likeness (QED) is 0.464. The number of carbonyl (C=O) groups is 3. The number of rotatable bonds is 5. The number of carbonyl (C=O) groups excluding carboxylic acids is 3. The van der Waals surface area contributed by atoms with E-state index < -0.39 is 23.4 Å². The summed E-state index contributed by atoms with van der Waals surface area (Å²) in [6.07, 6.45) is 1.29. The summed E-state index contributed by atoms with van der Waals surface area (Å²) >= 11 is 5.83. The van der Waals surface area contributed by atoms with Crippen molar-refractivity contribution in [2.75, 3.05) is 43.9 Å². The number of piperazine rings is 1. The van der Waals surface area contributed by atoms with Crippen molar-refractivity contribution in [3.63, 3.8) is 0 Å². The molecule has 1 saturated heterocycles. The predicted octanol–water partition coefficient (Wildman–Crippen LogP) is 3.23. The molecule has 9 nitrogen and oxygen atoms in total. The minimum atomic E-state index is -1.19. The third-order valence-electron chi connectivity index (χ3n) is 5.51. The Morgan fingerprint density at radius 1 is 0.943 bits per heavy atom. The fraction of sp³-hybridized carbons (Fsp3) is 0.217. The van der Waals surface area contributed by atoms with Gasteiger partial charge in [0.2, 0.25) is 0 Å². The average Bonchev–Trinajstić information content (AvgIpc) is 3.33. The molecule has 35 heavy (non-hydrogen) atoms. The number of aromatic nitrogens is 2. The van der Waals surface area contributed by atoms with Crippen LogP contribution in [0.2, 0.25) is 5.02 Å². The molecule has 12 heteroatoms. The van der Waals surface area contributed by atoms with Gasteiger partial charge >= 0.3 is 0 Å². The van der Waals surface area contributed by atoms with Gasteiger partial charge in [0, 0.05) is 37.6 Å². The highest BCUT2D eigenvalue weighted by molar-refractivity contribution is 6.34. The number of benzene rings is 2. The number of H-pyrrole nitrogens is 1. The molecule has 1 aliphatic rings. The lowest BCUT2D eigenvalue weighted by Crippen LogP contribution is -2.47. The Hall–Kier alpha value is -3.83. The molecule has 1 fully saturated rings. The number of nitrogens with zero attached hydrogens (tertiary/aromatic N) is 3. The number of anilines is 2. The van der Waals surface area contributed by atoms with E-state index in [1.165, 1.54) is 30.6 Å². The summed E-state index contributed by atoms with van der Waals surface area (Å²) in [5, 5.41) is 4.96. The van der Waals surface area contributed by atoms with Crippen LogP contribution in [0.4, 0.5) is 20.2 Å². The molecule has 0 spiro atoms. The van der Waals surface area contributed by atoms with Crippen LogP contribution >= 0.6 is 11.6 Å². The van der Waals surface area contributed by atoms with E-state index in [1.54, 1.807) is 4.90 Å². The number of hydrogen-bond acceptors (Lipinski definition) is 5. The Bertz CT molecular complexity index is 1270. The van der Waals surface area contributed by atoms with Gasteiger partial charge in [-0.3, -0.25) is 14.4 Å². The summed E-state index contributed by atoms with van der Waals surface area (Å²) < 4.78 is 26.7. The molecular weight excluding hydrogens is 482 g/mol. The Kier molecular flexibility index (Phi) is 7.08. The van der Waals surface area contributed by atoms with Gasteiger partial charge in [-0.25, -0.2) is 13.8 Å². The molecule has 1 aliphatic heterocycles. The minimum absolute atomic E-state index is 0.0410. The predicted molar refractivity (Wildman–Crippen MR) is 126 cm³/mol. The second kappa shape index (κ2) is 10.2. The number of halogens is 3. The molecule has 3 aromatic rings. The Morgan fingerprint density at radius 2 is 1.51 bits per heavy atom. The van der Waals surface area contributed by atoms with Crippen molar-refractivity contribution >= 4 is 40.7 Å². The first kappa shape index (κ1) is 24.3. The van der Waals surface area contributed by atoms with Crippen molar-refractivity contribution in [3.05, 3.63) is 76.3 Å². The minimum Gasteiger partial charge on any atom is -0.340 e. The van der Waals surface area contributed by atoms with Gasteiger partial charge in [-0.2, -0.15) is 0 Å². The molecule has 1 aromatic heterocycles. The first-order valence-corrected chi connectivity index (χ1v) is 11.0. The standard InChI is InChI=1S/C23H21ClF2N6O3/c1-31-6-8-32(9-7-31)23(35)20-19(27-12-28-20)22(34)30-14-4-2-13(3-5-14)29-21(33)15-10-17(25)18(26)11-16(15)24/h2-5,10-12H,6-9H2,1H3,(H,27,28)(H,29,33)(H,30,34). The summed E-state index contributed by atoms with van der Waals surface area (Å²) in [4.78, 5) is 48.5. The van der Waals surface area contributed by atoms with Crippen molar-refractivity contribution in [1.29, 1.82) is 0 Å². The normalized spacial score (nSPS) is 14.0. The highest BCUT2D eigenvalue weighted by Crippen LogP contribution is 2.22. The second-order valence-corrected chi connectivity index (χ2v) is 8.36. The van der Waals surface area contributed by atoms with Gasteiger partial charge in [0.15, 0.2) is 17.3 Å². The van der Waals surface area contributed by atoms with E-state index in [0.29, 0.717) is 30.5 Å². The summed E-state index contributed by atoms with van der Waals surface area (Å²) in [7, 11) is 1.98.